The minimum absolute atomic E-state index is 0.0858. The Bertz CT molecular complexity index is 619. The minimum atomic E-state index is -0.375. The first-order valence-corrected chi connectivity index (χ1v) is 6.07. The van der Waals surface area contributed by atoms with Crippen LogP contribution in [0.1, 0.15) is 16.2 Å². The van der Waals surface area contributed by atoms with Gasteiger partial charge in [0.05, 0.1) is 20.4 Å². The highest BCUT2D eigenvalue weighted by Crippen LogP contribution is 2.22. The number of halogens is 1. The third-order valence-corrected chi connectivity index (χ3v) is 2.95. The average molecular weight is 324 g/mol. The number of hydrogen-bond donors (Lipinski definition) is 0. The third-order valence-electron chi connectivity index (χ3n) is 2.31. The van der Waals surface area contributed by atoms with Crippen molar-refractivity contribution in [3.05, 3.63) is 40.4 Å². The largest absolute Gasteiger partial charge is 0.480 e. The van der Waals surface area contributed by atoms with Crippen LogP contribution in [0.3, 0.4) is 0 Å². The van der Waals surface area contributed by atoms with Crippen LogP contribution in [0.4, 0.5) is 0 Å². The number of carbonyl (C=O) groups excluding carboxylic acids is 1. The van der Waals surface area contributed by atoms with Gasteiger partial charge in [-0.3, -0.25) is 9.78 Å². The van der Waals surface area contributed by atoms with Crippen molar-refractivity contribution in [3.8, 4) is 11.8 Å². The SMILES string of the molecule is COc1cnc(C(=O)c2ncccc2Br)c(OC)n1. The van der Waals surface area contributed by atoms with Crippen molar-refractivity contribution >= 4 is 21.7 Å². The Hall–Kier alpha value is -2.02. The predicted molar refractivity (Wildman–Crippen MR) is 70.5 cm³/mol. The molecule has 7 heteroatoms. The second kappa shape index (κ2) is 5.75. The van der Waals surface area contributed by atoms with E-state index in [0.717, 1.165) is 0 Å². The fourth-order valence-corrected chi connectivity index (χ4v) is 1.85. The first kappa shape index (κ1) is 13.4. The van der Waals surface area contributed by atoms with Crippen molar-refractivity contribution in [3.63, 3.8) is 0 Å². The first-order chi connectivity index (χ1) is 9.17. The second-order valence-corrected chi connectivity index (χ2v) is 4.29. The van der Waals surface area contributed by atoms with Crippen molar-refractivity contribution < 1.29 is 14.3 Å². The van der Waals surface area contributed by atoms with Gasteiger partial charge in [0, 0.05) is 10.7 Å². The number of hydrogen-bond acceptors (Lipinski definition) is 6. The lowest BCUT2D eigenvalue weighted by Crippen LogP contribution is -2.10. The molecule has 0 saturated carbocycles. The van der Waals surface area contributed by atoms with Gasteiger partial charge in [0.25, 0.3) is 0 Å². The lowest BCUT2D eigenvalue weighted by Gasteiger charge is -2.07. The van der Waals surface area contributed by atoms with E-state index in [0.29, 0.717) is 4.47 Å². The highest BCUT2D eigenvalue weighted by atomic mass is 79.9. The molecule has 0 atom stereocenters. The van der Waals surface area contributed by atoms with Crippen molar-refractivity contribution in [1.29, 1.82) is 0 Å². The van der Waals surface area contributed by atoms with Crippen LogP contribution in [0.5, 0.6) is 11.8 Å². The zero-order valence-corrected chi connectivity index (χ0v) is 11.8. The molecule has 2 heterocycles. The number of ether oxygens (including phenoxy) is 2. The molecule has 0 bridgehead atoms. The molecule has 0 aliphatic carbocycles. The topological polar surface area (TPSA) is 74.2 Å². The van der Waals surface area contributed by atoms with E-state index in [2.05, 4.69) is 30.9 Å². The number of rotatable bonds is 4. The highest BCUT2D eigenvalue weighted by Gasteiger charge is 2.21. The van der Waals surface area contributed by atoms with E-state index in [1.807, 2.05) is 0 Å². The zero-order valence-electron chi connectivity index (χ0n) is 10.3. The molecule has 2 aromatic heterocycles. The van der Waals surface area contributed by atoms with Gasteiger partial charge in [-0.1, -0.05) is 0 Å². The van der Waals surface area contributed by atoms with Crippen LogP contribution >= 0.6 is 15.9 Å². The predicted octanol–water partition coefficient (Wildman–Crippen LogP) is 1.88. The fraction of sp³-hybridized carbons (Fsp3) is 0.167. The average Bonchev–Trinajstić information content (AvgIpc) is 2.46. The van der Waals surface area contributed by atoms with Crippen LogP contribution in [-0.4, -0.2) is 35.0 Å². The quantitative estimate of drug-likeness (QED) is 0.800. The minimum Gasteiger partial charge on any atom is -0.480 e. The van der Waals surface area contributed by atoms with Gasteiger partial charge in [-0.05, 0) is 28.1 Å². The van der Waals surface area contributed by atoms with Crippen molar-refractivity contribution in [1.82, 2.24) is 15.0 Å². The van der Waals surface area contributed by atoms with Crippen molar-refractivity contribution in [2.75, 3.05) is 14.2 Å². The maximum Gasteiger partial charge on any atom is 0.247 e. The number of nitrogens with zero attached hydrogens (tertiary/aromatic N) is 3. The normalized spacial score (nSPS) is 10.1. The van der Waals surface area contributed by atoms with Gasteiger partial charge in [-0.2, -0.15) is 4.98 Å². The number of ketones is 1. The summed E-state index contributed by atoms with van der Waals surface area (Å²) in [5, 5.41) is 0. The van der Waals surface area contributed by atoms with E-state index < -0.39 is 0 Å². The molecule has 0 aliphatic rings. The lowest BCUT2D eigenvalue weighted by atomic mass is 10.2. The van der Waals surface area contributed by atoms with Gasteiger partial charge in [0.1, 0.15) is 5.69 Å². The van der Waals surface area contributed by atoms with Crippen molar-refractivity contribution in [2.24, 2.45) is 0 Å². The number of aromatic nitrogens is 3. The maximum atomic E-state index is 12.3. The Kier molecular flexibility index (Phi) is 4.06. The van der Waals surface area contributed by atoms with Gasteiger partial charge in [0.15, 0.2) is 5.69 Å². The summed E-state index contributed by atoms with van der Waals surface area (Å²) in [6.07, 6.45) is 2.88. The molecule has 0 N–H and O–H groups in total. The molecule has 0 amide bonds. The van der Waals surface area contributed by atoms with Crippen LogP contribution in [0.15, 0.2) is 29.0 Å². The molecule has 2 rings (SSSR count). The Morgan fingerprint density at radius 1 is 1.21 bits per heavy atom. The molecule has 98 valence electrons. The summed E-state index contributed by atoms with van der Waals surface area (Å²) in [6, 6.07) is 3.45. The molecular formula is C12H10BrN3O3. The van der Waals surface area contributed by atoms with Crippen LogP contribution in [0.2, 0.25) is 0 Å². The monoisotopic (exact) mass is 323 g/mol. The summed E-state index contributed by atoms with van der Waals surface area (Å²) < 4.78 is 10.6. The Labute approximate surface area is 117 Å². The fourth-order valence-electron chi connectivity index (χ4n) is 1.42. The molecule has 0 fully saturated rings. The molecule has 6 nitrogen and oxygen atoms in total. The molecule has 0 aliphatic heterocycles. The van der Waals surface area contributed by atoms with Crippen LogP contribution in [-0.2, 0) is 0 Å². The molecule has 0 unspecified atom stereocenters. The zero-order chi connectivity index (χ0) is 13.8. The van der Waals surface area contributed by atoms with Gasteiger partial charge >= 0.3 is 0 Å². The van der Waals surface area contributed by atoms with Crippen LogP contribution in [0, 0.1) is 0 Å². The molecular weight excluding hydrogens is 314 g/mol. The number of methoxy groups -OCH3 is 2. The van der Waals surface area contributed by atoms with E-state index in [1.165, 1.54) is 26.6 Å². The van der Waals surface area contributed by atoms with Gasteiger partial charge in [-0.25, -0.2) is 4.98 Å². The maximum absolute atomic E-state index is 12.3. The molecule has 19 heavy (non-hydrogen) atoms. The van der Waals surface area contributed by atoms with E-state index >= 15 is 0 Å². The van der Waals surface area contributed by atoms with Crippen molar-refractivity contribution in [2.45, 2.75) is 0 Å². The summed E-state index contributed by atoms with van der Waals surface area (Å²) in [7, 11) is 2.87. The van der Waals surface area contributed by atoms with E-state index in [9.17, 15) is 4.79 Å². The lowest BCUT2D eigenvalue weighted by molar-refractivity contribution is 0.102. The van der Waals surface area contributed by atoms with Gasteiger partial charge < -0.3 is 9.47 Å². The molecule has 0 saturated heterocycles. The van der Waals surface area contributed by atoms with E-state index in [4.69, 9.17) is 9.47 Å². The van der Waals surface area contributed by atoms with Crippen LogP contribution in [0.25, 0.3) is 0 Å². The summed E-state index contributed by atoms with van der Waals surface area (Å²) in [6.45, 7) is 0. The number of pyridine rings is 1. The highest BCUT2D eigenvalue weighted by molar-refractivity contribution is 9.10. The Morgan fingerprint density at radius 3 is 2.63 bits per heavy atom. The summed E-state index contributed by atoms with van der Waals surface area (Å²) >= 11 is 3.27. The van der Waals surface area contributed by atoms with E-state index in [1.54, 1.807) is 12.1 Å². The summed E-state index contributed by atoms with van der Waals surface area (Å²) in [5.41, 5.74) is 0.336. The first-order valence-electron chi connectivity index (χ1n) is 5.27. The van der Waals surface area contributed by atoms with Crippen LogP contribution < -0.4 is 9.47 Å². The number of carbonyl (C=O) groups is 1. The van der Waals surface area contributed by atoms with E-state index in [-0.39, 0.29) is 28.9 Å². The molecule has 2 aromatic rings. The standard InChI is InChI=1S/C12H10BrN3O3/c1-18-8-6-15-10(12(16-8)19-2)11(17)9-7(13)4-3-5-14-9/h3-6H,1-2H3. The summed E-state index contributed by atoms with van der Waals surface area (Å²) in [5.74, 6) is -0.00475. The summed E-state index contributed by atoms with van der Waals surface area (Å²) in [4.78, 5) is 24.4. The Balaban J connectivity index is 2.47. The second-order valence-electron chi connectivity index (χ2n) is 3.43. The molecule has 0 aromatic carbocycles. The smallest absolute Gasteiger partial charge is 0.247 e. The molecule has 0 spiro atoms. The molecule has 0 radical (unpaired) electrons. The Morgan fingerprint density at radius 2 is 2.00 bits per heavy atom. The van der Waals surface area contributed by atoms with Gasteiger partial charge in [-0.15, -0.1) is 0 Å². The third kappa shape index (κ3) is 2.70. The van der Waals surface area contributed by atoms with Gasteiger partial charge in [0.2, 0.25) is 17.5 Å².